The zero-order valence-corrected chi connectivity index (χ0v) is 8.93. The lowest BCUT2D eigenvalue weighted by Gasteiger charge is -2.07. The van der Waals surface area contributed by atoms with Crippen molar-refractivity contribution in [1.29, 1.82) is 0 Å². The summed E-state index contributed by atoms with van der Waals surface area (Å²) in [7, 11) is 0. The summed E-state index contributed by atoms with van der Waals surface area (Å²) in [6.07, 6.45) is 2.10. The lowest BCUT2D eigenvalue weighted by Crippen LogP contribution is -2.19. The van der Waals surface area contributed by atoms with Gasteiger partial charge in [-0.2, -0.15) is 0 Å². The molecule has 1 aromatic rings. The summed E-state index contributed by atoms with van der Waals surface area (Å²) in [5.41, 5.74) is 0.701. The van der Waals surface area contributed by atoms with Crippen molar-refractivity contribution in [3.05, 3.63) is 34.2 Å². The first kappa shape index (κ1) is 11.5. The average molecular weight is 209 g/mol. The van der Waals surface area contributed by atoms with Gasteiger partial charge in [0.25, 0.3) is 5.56 Å². The fourth-order valence-electron chi connectivity index (χ4n) is 1.38. The third kappa shape index (κ3) is 2.94. The van der Waals surface area contributed by atoms with Gasteiger partial charge in [-0.1, -0.05) is 6.92 Å². The highest BCUT2D eigenvalue weighted by molar-refractivity contribution is 5.69. The number of carboxylic acids is 1. The Balaban J connectivity index is 2.84. The summed E-state index contributed by atoms with van der Waals surface area (Å²) in [5, 5.41) is 8.73. The summed E-state index contributed by atoms with van der Waals surface area (Å²) < 4.78 is 1.58. The lowest BCUT2D eigenvalue weighted by atomic mass is 10.0. The zero-order chi connectivity index (χ0) is 11.4. The molecule has 4 nitrogen and oxygen atoms in total. The molecule has 1 aromatic heterocycles. The highest BCUT2D eigenvalue weighted by atomic mass is 16.4. The number of aryl methyl sites for hydroxylation is 1. The molecule has 0 saturated heterocycles. The van der Waals surface area contributed by atoms with Crippen LogP contribution in [0.5, 0.6) is 0 Å². The maximum atomic E-state index is 11.4. The summed E-state index contributed by atoms with van der Waals surface area (Å²) in [6, 6.07) is 3.30. The molecule has 0 spiro atoms. The SMILES string of the molecule is CCn1ccc(CC(C)C(=O)O)cc1=O. The van der Waals surface area contributed by atoms with E-state index in [9.17, 15) is 9.59 Å². The van der Waals surface area contributed by atoms with E-state index in [1.54, 1.807) is 23.8 Å². The van der Waals surface area contributed by atoms with E-state index >= 15 is 0 Å². The van der Waals surface area contributed by atoms with Crippen molar-refractivity contribution in [1.82, 2.24) is 4.57 Å². The first-order valence-corrected chi connectivity index (χ1v) is 4.96. The van der Waals surface area contributed by atoms with Crippen LogP contribution < -0.4 is 5.56 Å². The molecule has 0 aromatic carbocycles. The van der Waals surface area contributed by atoms with Gasteiger partial charge in [0.1, 0.15) is 0 Å². The van der Waals surface area contributed by atoms with Gasteiger partial charge in [0.05, 0.1) is 5.92 Å². The molecule has 0 radical (unpaired) electrons. The Morgan fingerprint density at radius 2 is 2.27 bits per heavy atom. The van der Waals surface area contributed by atoms with Gasteiger partial charge in [0.2, 0.25) is 0 Å². The highest BCUT2D eigenvalue weighted by Crippen LogP contribution is 2.06. The zero-order valence-electron chi connectivity index (χ0n) is 8.93. The number of pyridine rings is 1. The number of aromatic nitrogens is 1. The number of carbonyl (C=O) groups is 1. The summed E-state index contributed by atoms with van der Waals surface area (Å²) in [6.45, 7) is 4.15. The first-order chi connectivity index (χ1) is 7.04. The quantitative estimate of drug-likeness (QED) is 0.808. The van der Waals surface area contributed by atoms with Gasteiger partial charge in [-0.25, -0.2) is 0 Å². The molecule has 1 heterocycles. The van der Waals surface area contributed by atoms with Gasteiger partial charge < -0.3 is 9.67 Å². The Labute approximate surface area is 88.2 Å². The standard InChI is InChI=1S/C11H15NO3/c1-3-12-5-4-9(7-10(12)13)6-8(2)11(14)15/h4-5,7-8H,3,6H2,1-2H3,(H,14,15). The van der Waals surface area contributed by atoms with Crippen molar-refractivity contribution < 1.29 is 9.90 Å². The van der Waals surface area contributed by atoms with Crippen LogP contribution in [0, 0.1) is 5.92 Å². The maximum Gasteiger partial charge on any atom is 0.306 e. The molecule has 82 valence electrons. The van der Waals surface area contributed by atoms with E-state index in [1.807, 2.05) is 6.92 Å². The van der Waals surface area contributed by atoms with Gasteiger partial charge in [-0.3, -0.25) is 9.59 Å². The predicted molar refractivity (Wildman–Crippen MR) is 56.9 cm³/mol. The third-order valence-electron chi connectivity index (χ3n) is 2.36. The number of nitrogens with zero attached hydrogens (tertiary/aromatic N) is 1. The fourth-order valence-corrected chi connectivity index (χ4v) is 1.38. The number of aliphatic carboxylic acids is 1. The number of carboxylic acid groups (broad SMARTS) is 1. The van der Waals surface area contributed by atoms with Crippen molar-refractivity contribution in [2.45, 2.75) is 26.8 Å². The van der Waals surface area contributed by atoms with Crippen LogP contribution in [-0.4, -0.2) is 15.6 Å². The van der Waals surface area contributed by atoms with Crippen LogP contribution >= 0.6 is 0 Å². The van der Waals surface area contributed by atoms with Gasteiger partial charge >= 0.3 is 5.97 Å². The van der Waals surface area contributed by atoms with Gasteiger partial charge in [-0.05, 0) is 25.0 Å². The van der Waals surface area contributed by atoms with Crippen LogP contribution in [0.4, 0.5) is 0 Å². The number of rotatable bonds is 4. The Kier molecular flexibility index (Phi) is 3.66. The van der Waals surface area contributed by atoms with Crippen molar-refractivity contribution >= 4 is 5.97 Å². The molecule has 1 atom stereocenters. The van der Waals surface area contributed by atoms with Crippen LogP contribution in [0.25, 0.3) is 0 Å². The smallest absolute Gasteiger partial charge is 0.306 e. The fraction of sp³-hybridized carbons (Fsp3) is 0.455. The molecule has 1 unspecified atom stereocenters. The molecule has 0 saturated carbocycles. The number of hydrogen-bond acceptors (Lipinski definition) is 2. The Hall–Kier alpha value is -1.58. The normalized spacial score (nSPS) is 12.4. The van der Waals surface area contributed by atoms with Gasteiger partial charge in [-0.15, -0.1) is 0 Å². The van der Waals surface area contributed by atoms with Crippen LogP contribution in [0.15, 0.2) is 23.1 Å². The molecule has 0 bridgehead atoms. The minimum Gasteiger partial charge on any atom is -0.481 e. The molecule has 0 aliphatic rings. The Morgan fingerprint density at radius 3 is 2.73 bits per heavy atom. The van der Waals surface area contributed by atoms with Crippen molar-refractivity contribution in [3.63, 3.8) is 0 Å². The molecule has 0 aliphatic heterocycles. The minimum atomic E-state index is -0.838. The van der Waals surface area contributed by atoms with Gasteiger partial charge in [0.15, 0.2) is 0 Å². The van der Waals surface area contributed by atoms with E-state index in [-0.39, 0.29) is 5.56 Å². The number of hydrogen-bond donors (Lipinski definition) is 1. The maximum absolute atomic E-state index is 11.4. The van der Waals surface area contributed by atoms with Crippen molar-refractivity contribution in [2.24, 2.45) is 5.92 Å². The third-order valence-corrected chi connectivity index (χ3v) is 2.36. The predicted octanol–water partition coefficient (Wildman–Crippen LogP) is 1.13. The second kappa shape index (κ2) is 4.77. The topological polar surface area (TPSA) is 59.3 Å². The minimum absolute atomic E-state index is 0.0763. The van der Waals surface area contributed by atoms with E-state index in [0.29, 0.717) is 13.0 Å². The molecular weight excluding hydrogens is 194 g/mol. The lowest BCUT2D eigenvalue weighted by molar-refractivity contribution is -0.141. The molecule has 0 aliphatic carbocycles. The van der Waals surface area contributed by atoms with Crippen LogP contribution in [-0.2, 0) is 17.8 Å². The van der Waals surface area contributed by atoms with E-state index in [1.165, 1.54) is 6.07 Å². The van der Waals surface area contributed by atoms with Crippen LogP contribution in [0.3, 0.4) is 0 Å². The largest absolute Gasteiger partial charge is 0.481 e. The molecule has 0 fully saturated rings. The Morgan fingerprint density at radius 1 is 1.60 bits per heavy atom. The summed E-state index contributed by atoms with van der Waals surface area (Å²) in [5.74, 6) is -1.29. The second-order valence-corrected chi connectivity index (χ2v) is 3.60. The average Bonchev–Trinajstić information content (AvgIpc) is 2.18. The molecule has 1 N–H and O–H groups in total. The van der Waals surface area contributed by atoms with E-state index in [0.717, 1.165) is 5.56 Å². The van der Waals surface area contributed by atoms with E-state index < -0.39 is 11.9 Å². The van der Waals surface area contributed by atoms with E-state index in [2.05, 4.69) is 0 Å². The highest BCUT2D eigenvalue weighted by Gasteiger charge is 2.11. The van der Waals surface area contributed by atoms with Crippen LogP contribution in [0.1, 0.15) is 19.4 Å². The molecular formula is C11H15NO3. The second-order valence-electron chi connectivity index (χ2n) is 3.60. The monoisotopic (exact) mass is 209 g/mol. The molecule has 1 rings (SSSR count). The van der Waals surface area contributed by atoms with E-state index in [4.69, 9.17) is 5.11 Å². The summed E-state index contributed by atoms with van der Waals surface area (Å²) >= 11 is 0. The van der Waals surface area contributed by atoms with Crippen molar-refractivity contribution in [3.8, 4) is 0 Å². The van der Waals surface area contributed by atoms with Crippen molar-refractivity contribution in [2.75, 3.05) is 0 Å². The first-order valence-electron chi connectivity index (χ1n) is 4.96. The molecule has 0 amide bonds. The van der Waals surface area contributed by atoms with Gasteiger partial charge in [0, 0.05) is 18.8 Å². The summed E-state index contributed by atoms with van der Waals surface area (Å²) in [4.78, 5) is 22.1. The molecule has 15 heavy (non-hydrogen) atoms. The molecule has 4 heteroatoms. The van der Waals surface area contributed by atoms with Crippen LogP contribution in [0.2, 0.25) is 0 Å². The Bertz CT molecular complexity index is 409.